The van der Waals surface area contributed by atoms with Gasteiger partial charge in [0.2, 0.25) is 0 Å². The van der Waals surface area contributed by atoms with Gasteiger partial charge in [0.1, 0.15) is 0 Å². The maximum Gasteiger partial charge on any atom is 0.0716 e. The number of pyridine rings is 3. The second kappa shape index (κ2) is 13.5. The van der Waals surface area contributed by atoms with E-state index < -0.39 is 0 Å². The molecule has 0 atom stereocenters. The van der Waals surface area contributed by atoms with Crippen LogP contribution in [0, 0.1) is 6.92 Å². The van der Waals surface area contributed by atoms with Gasteiger partial charge in [-0.3, -0.25) is 0 Å². The molecule has 3 heterocycles. The van der Waals surface area contributed by atoms with E-state index in [1.54, 1.807) is 6.08 Å². The zero-order valence-corrected chi connectivity index (χ0v) is 25.0. The van der Waals surface area contributed by atoms with Gasteiger partial charge in [0.05, 0.1) is 34.2 Å². The molecular formula is C40H35N3. The van der Waals surface area contributed by atoms with Gasteiger partial charge in [0.15, 0.2) is 0 Å². The Morgan fingerprint density at radius 2 is 1.07 bits per heavy atom. The summed E-state index contributed by atoms with van der Waals surface area (Å²) in [5.74, 6) is 0. The van der Waals surface area contributed by atoms with Crippen LogP contribution < -0.4 is 0 Å². The van der Waals surface area contributed by atoms with Crippen molar-refractivity contribution in [3.63, 3.8) is 0 Å². The molecule has 210 valence electrons. The summed E-state index contributed by atoms with van der Waals surface area (Å²) in [6.07, 6.45) is 11.7. The Hall–Kier alpha value is -5.41. The van der Waals surface area contributed by atoms with E-state index >= 15 is 0 Å². The Morgan fingerprint density at radius 1 is 0.581 bits per heavy atom. The second-order valence-electron chi connectivity index (χ2n) is 10.2. The lowest BCUT2D eigenvalue weighted by atomic mass is 9.99. The maximum absolute atomic E-state index is 5.23. The van der Waals surface area contributed by atoms with Crippen LogP contribution in [-0.2, 0) is 0 Å². The van der Waals surface area contributed by atoms with Crippen LogP contribution in [0.5, 0.6) is 0 Å². The summed E-state index contributed by atoms with van der Waals surface area (Å²) in [5, 5.41) is 0. The number of nitrogens with zero attached hydrogens (tertiary/aromatic N) is 3. The maximum atomic E-state index is 5.23. The number of hydrogen-bond acceptors (Lipinski definition) is 3. The molecule has 0 aliphatic heterocycles. The molecule has 0 radical (unpaired) electrons. The van der Waals surface area contributed by atoms with E-state index in [1.807, 2.05) is 68.5 Å². The molecule has 0 saturated carbocycles. The zero-order valence-electron chi connectivity index (χ0n) is 25.0. The van der Waals surface area contributed by atoms with Crippen LogP contribution in [0.4, 0.5) is 0 Å². The highest BCUT2D eigenvalue weighted by Crippen LogP contribution is 2.33. The largest absolute Gasteiger partial charge is 0.248 e. The van der Waals surface area contributed by atoms with Crippen LogP contribution in [-0.4, -0.2) is 15.0 Å². The van der Waals surface area contributed by atoms with E-state index in [4.69, 9.17) is 15.0 Å². The van der Waals surface area contributed by atoms with E-state index in [1.165, 1.54) is 0 Å². The fraction of sp³-hybridized carbons (Fsp3) is 0.0750. The summed E-state index contributed by atoms with van der Waals surface area (Å²) in [6, 6.07) is 33.2. The lowest BCUT2D eigenvalue weighted by Crippen LogP contribution is -1.97. The van der Waals surface area contributed by atoms with Crippen molar-refractivity contribution < 1.29 is 0 Å². The molecule has 0 bridgehead atoms. The van der Waals surface area contributed by atoms with Gasteiger partial charge in [-0.25, -0.2) is 15.0 Å². The first-order chi connectivity index (χ1) is 21.0. The summed E-state index contributed by atoms with van der Waals surface area (Å²) in [7, 11) is 0. The standard InChI is InChI=1S/C40H35N3/c1-6-16-29(8-3)37-24-33(26-39(42-37)31-18-12-10-13-19-31)35-22-28(5)23-36(41-35)34-25-38(30(9-4)17-7-2)43-40(27-34)32-20-14-11-15-21-32/h6-27H,1,3H2,2,4-5H3/b17-7-,29-16+,30-9+. The first-order valence-corrected chi connectivity index (χ1v) is 14.4. The first kappa shape index (κ1) is 29.1. The van der Waals surface area contributed by atoms with E-state index in [9.17, 15) is 0 Å². The van der Waals surface area contributed by atoms with Crippen molar-refractivity contribution in [1.82, 2.24) is 15.0 Å². The summed E-state index contributed by atoms with van der Waals surface area (Å²) in [5.41, 5.74) is 12.4. The van der Waals surface area contributed by atoms with Crippen LogP contribution in [0.15, 0.2) is 147 Å². The highest BCUT2D eigenvalue weighted by Gasteiger charge is 2.14. The molecule has 0 amide bonds. The Bertz CT molecular complexity index is 1860. The lowest BCUT2D eigenvalue weighted by molar-refractivity contribution is 1.23. The predicted molar refractivity (Wildman–Crippen MR) is 183 cm³/mol. The third kappa shape index (κ3) is 6.74. The van der Waals surface area contributed by atoms with Gasteiger partial charge >= 0.3 is 0 Å². The molecule has 3 nitrogen and oxygen atoms in total. The Morgan fingerprint density at radius 3 is 1.51 bits per heavy atom. The van der Waals surface area contributed by atoms with Crippen molar-refractivity contribution in [2.45, 2.75) is 20.8 Å². The van der Waals surface area contributed by atoms with Crippen molar-refractivity contribution in [1.29, 1.82) is 0 Å². The topological polar surface area (TPSA) is 38.7 Å². The zero-order chi connectivity index (χ0) is 30.2. The summed E-state index contributed by atoms with van der Waals surface area (Å²) < 4.78 is 0. The quantitative estimate of drug-likeness (QED) is 0.169. The summed E-state index contributed by atoms with van der Waals surface area (Å²) in [6.45, 7) is 14.1. The number of allylic oxidation sites excluding steroid dienone is 8. The minimum absolute atomic E-state index is 0.817. The highest BCUT2D eigenvalue weighted by atomic mass is 14.8. The molecule has 5 aromatic rings. The van der Waals surface area contributed by atoms with Crippen molar-refractivity contribution in [3.8, 4) is 45.0 Å². The fourth-order valence-corrected chi connectivity index (χ4v) is 5.02. The van der Waals surface area contributed by atoms with Crippen LogP contribution in [0.25, 0.3) is 56.2 Å². The van der Waals surface area contributed by atoms with Crippen LogP contribution >= 0.6 is 0 Å². The number of aromatic nitrogens is 3. The lowest BCUT2D eigenvalue weighted by Gasteiger charge is -2.14. The average Bonchev–Trinajstić information content (AvgIpc) is 3.06. The molecule has 43 heavy (non-hydrogen) atoms. The molecule has 0 spiro atoms. The van der Waals surface area contributed by atoms with Crippen LogP contribution in [0.1, 0.15) is 30.8 Å². The van der Waals surface area contributed by atoms with Gasteiger partial charge in [0.25, 0.3) is 0 Å². The number of aryl methyl sites for hydroxylation is 1. The van der Waals surface area contributed by atoms with Crippen molar-refractivity contribution in [3.05, 3.63) is 164 Å². The van der Waals surface area contributed by atoms with Crippen molar-refractivity contribution in [2.24, 2.45) is 0 Å². The van der Waals surface area contributed by atoms with Crippen LogP contribution in [0.3, 0.4) is 0 Å². The normalized spacial score (nSPS) is 12.0. The minimum Gasteiger partial charge on any atom is -0.248 e. The van der Waals surface area contributed by atoms with E-state index in [2.05, 4.69) is 92.9 Å². The molecule has 2 aromatic carbocycles. The molecule has 0 saturated heterocycles. The molecular weight excluding hydrogens is 522 g/mol. The predicted octanol–water partition coefficient (Wildman–Crippen LogP) is 10.6. The Balaban J connectivity index is 1.71. The second-order valence-corrected chi connectivity index (χ2v) is 10.2. The third-order valence-electron chi connectivity index (χ3n) is 7.12. The smallest absolute Gasteiger partial charge is 0.0716 e. The molecule has 0 unspecified atom stereocenters. The summed E-state index contributed by atoms with van der Waals surface area (Å²) in [4.78, 5) is 15.3. The number of rotatable bonds is 9. The van der Waals surface area contributed by atoms with Crippen LogP contribution in [0.2, 0.25) is 0 Å². The van der Waals surface area contributed by atoms with E-state index in [0.29, 0.717) is 0 Å². The summed E-state index contributed by atoms with van der Waals surface area (Å²) >= 11 is 0. The number of benzene rings is 2. The molecule has 0 aliphatic carbocycles. The van der Waals surface area contributed by atoms with Crippen molar-refractivity contribution in [2.75, 3.05) is 0 Å². The Kier molecular flexibility index (Phi) is 9.14. The van der Waals surface area contributed by atoms with Gasteiger partial charge < -0.3 is 0 Å². The minimum atomic E-state index is 0.817. The van der Waals surface area contributed by atoms with Crippen molar-refractivity contribution >= 4 is 11.1 Å². The first-order valence-electron chi connectivity index (χ1n) is 14.4. The van der Waals surface area contributed by atoms with Gasteiger partial charge in [-0.15, -0.1) is 0 Å². The van der Waals surface area contributed by atoms with Gasteiger partial charge in [-0.2, -0.15) is 0 Å². The highest BCUT2D eigenvalue weighted by molar-refractivity contribution is 5.81. The number of hydrogen-bond donors (Lipinski definition) is 0. The average molecular weight is 558 g/mol. The van der Waals surface area contributed by atoms with Gasteiger partial charge in [0, 0.05) is 22.3 Å². The molecule has 5 rings (SSSR count). The molecule has 0 N–H and O–H groups in total. The van der Waals surface area contributed by atoms with E-state index in [-0.39, 0.29) is 0 Å². The van der Waals surface area contributed by atoms with Gasteiger partial charge in [-0.1, -0.05) is 110 Å². The molecule has 0 fully saturated rings. The monoisotopic (exact) mass is 557 g/mol. The SMILES string of the molecule is C=C/C=C(\C=C)c1cc(-c2cc(C)cc(-c3cc(C(/C=C\C)=C/C)nc(-c4ccccc4)c3)n2)cc(-c2ccccc2)n1. The molecule has 3 heteroatoms. The molecule has 0 aliphatic rings. The third-order valence-corrected chi connectivity index (χ3v) is 7.12. The van der Waals surface area contributed by atoms with Gasteiger partial charge in [-0.05, 0) is 73.9 Å². The fourth-order valence-electron chi connectivity index (χ4n) is 5.02. The Labute approximate surface area is 255 Å². The van der Waals surface area contributed by atoms with E-state index in [0.717, 1.165) is 73.1 Å². The molecule has 3 aromatic heterocycles.